The Hall–Kier alpha value is -1.24. The molecule has 5 nitrogen and oxygen atoms in total. The van der Waals surface area contributed by atoms with Crippen LogP contribution < -0.4 is 5.69 Å². The molecule has 1 N–H and O–H groups in total. The van der Waals surface area contributed by atoms with Crippen LogP contribution in [0.15, 0.2) is 28.2 Å². The number of ketones is 1. The minimum Gasteiger partial charge on any atom is -0.293 e. The third kappa shape index (κ3) is 3.26. The highest BCUT2D eigenvalue weighted by molar-refractivity contribution is 7.99. The number of aromatic amines is 1. The molecule has 0 unspecified atom stereocenters. The van der Waals surface area contributed by atoms with Crippen molar-refractivity contribution in [1.29, 1.82) is 0 Å². The number of carbonyl (C=O) groups is 1. The van der Waals surface area contributed by atoms with E-state index in [1.807, 2.05) is 6.92 Å². The normalized spacial score (nSPS) is 10.8. The summed E-state index contributed by atoms with van der Waals surface area (Å²) in [4.78, 5) is 23.4. The first kappa shape index (κ1) is 15.2. The number of rotatable bonds is 5. The molecule has 8 heteroatoms. The first-order valence-electron chi connectivity index (χ1n) is 5.79. The fourth-order valence-electron chi connectivity index (χ4n) is 1.58. The van der Waals surface area contributed by atoms with Crippen molar-refractivity contribution < 1.29 is 4.79 Å². The van der Waals surface area contributed by atoms with E-state index < -0.39 is 0 Å². The number of nitrogens with zero attached hydrogens (tertiary/aromatic N) is 2. The number of Topliss-reactive ketones (excluding diaryl/α,β-unsaturated/α-hetero) is 1. The molecule has 0 saturated heterocycles. The van der Waals surface area contributed by atoms with E-state index in [0.29, 0.717) is 27.3 Å². The second-order valence-electron chi connectivity index (χ2n) is 3.90. The maximum absolute atomic E-state index is 12.0. The standard InChI is InChI=1S/C12H11Cl2N3O2S/c1-2-17-11(19)15-16-12(17)20-6-10(18)7-3-4-8(13)9(14)5-7/h3-5H,2,6H2,1H3,(H,15,19). The molecule has 0 bridgehead atoms. The number of carbonyl (C=O) groups excluding carboxylic acids is 1. The first-order chi connectivity index (χ1) is 9.52. The molecule has 0 atom stereocenters. The van der Waals surface area contributed by atoms with Gasteiger partial charge in [-0.3, -0.25) is 9.36 Å². The summed E-state index contributed by atoms with van der Waals surface area (Å²) < 4.78 is 1.47. The van der Waals surface area contributed by atoms with E-state index in [2.05, 4.69) is 10.2 Å². The zero-order chi connectivity index (χ0) is 14.7. The SMILES string of the molecule is CCn1c(SCC(=O)c2ccc(Cl)c(Cl)c2)n[nH]c1=O. The van der Waals surface area contributed by atoms with Crippen LogP contribution in [0.1, 0.15) is 17.3 Å². The van der Waals surface area contributed by atoms with E-state index in [0.717, 1.165) is 0 Å². The van der Waals surface area contributed by atoms with Crippen LogP contribution >= 0.6 is 35.0 Å². The lowest BCUT2D eigenvalue weighted by Crippen LogP contribution is -2.16. The van der Waals surface area contributed by atoms with Crippen molar-refractivity contribution in [2.24, 2.45) is 0 Å². The van der Waals surface area contributed by atoms with Crippen LogP contribution in [-0.2, 0) is 6.54 Å². The van der Waals surface area contributed by atoms with E-state index in [9.17, 15) is 9.59 Å². The average Bonchev–Trinajstić information content (AvgIpc) is 2.79. The number of halogens is 2. The van der Waals surface area contributed by atoms with Gasteiger partial charge in [0.15, 0.2) is 10.9 Å². The fourth-order valence-corrected chi connectivity index (χ4v) is 2.78. The van der Waals surface area contributed by atoms with E-state index in [4.69, 9.17) is 23.2 Å². The van der Waals surface area contributed by atoms with E-state index in [1.54, 1.807) is 12.1 Å². The summed E-state index contributed by atoms with van der Waals surface area (Å²) in [5.41, 5.74) is 0.199. The van der Waals surface area contributed by atoms with Crippen molar-refractivity contribution in [2.75, 3.05) is 5.75 Å². The average molecular weight is 332 g/mol. The Morgan fingerprint density at radius 3 is 2.80 bits per heavy atom. The van der Waals surface area contributed by atoms with Crippen molar-refractivity contribution in [3.8, 4) is 0 Å². The lowest BCUT2D eigenvalue weighted by Gasteiger charge is -2.03. The molecular formula is C12H11Cl2N3O2S. The van der Waals surface area contributed by atoms with E-state index in [-0.39, 0.29) is 17.2 Å². The number of hydrogen-bond acceptors (Lipinski definition) is 4. The van der Waals surface area contributed by atoms with Crippen LogP contribution in [0.3, 0.4) is 0 Å². The predicted molar refractivity (Wildman–Crippen MR) is 80.0 cm³/mol. The molecule has 0 amide bonds. The molecular weight excluding hydrogens is 321 g/mol. The Kier molecular flexibility index (Phi) is 4.91. The highest BCUT2D eigenvalue weighted by Gasteiger charge is 2.12. The van der Waals surface area contributed by atoms with Gasteiger partial charge in [-0.05, 0) is 25.1 Å². The Morgan fingerprint density at radius 1 is 1.40 bits per heavy atom. The van der Waals surface area contributed by atoms with Gasteiger partial charge in [0.2, 0.25) is 0 Å². The Bertz CT molecular complexity index is 696. The van der Waals surface area contributed by atoms with Gasteiger partial charge < -0.3 is 0 Å². The monoisotopic (exact) mass is 331 g/mol. The topological polar surface area (TPSA) is 67.8 Å². The first-order valence-corrected chi connectivity index (χ1v) is 7.53. The third-order valence-corrected chi connectivity index (χ3v) is 4.33. The summed E-state index contributed by atoms with van der Waals surface area (Å²) in [6, 6.07) is 4.73. The van der Waals surface area contributed by atoms with Gasteiger partial charge in [0.05, 0.1) is 15.8 Å². The van der Waals surface area contributed by atoms with Crippen molar-refractivity contribution in [3.05, 3.63) is 44.3 Å². The molecule has 106 valence electrons. The van der Waals surface area contributed by atoms with Gasteiger partial charge in [0.1, 0.15) is 0 Å². The van der Waals surface area contributed by atoms with Gasteiger partial charge in [0, 0.05) is 12.1 Å². The fraction of sp³-hybridized carbons (Fsp3) is 0.250. The second-order valence-corrected chi connectivity index (χ2v) is 5.65. The number of hydrogen-bond donors (Lipinski definition) is 1. The lowest BCUT2D eigenvalue weighted by atomic mass is 10.1. The summed E-state index contributed by atoms with van der Waals surface area (Å²) >= 11 is 12.9. The molecule has 1 aromatic carbocycles. The zero-order valence-corrected chi connectivity index (χ0v) is 12.8. The molecule has 2 rings (SSSR count). The van der Waals surface area contributed by atoms with Crippen LogP contribution in [0, 0.1) is 0 Å². The number of H-pyrrole nitrogens is 1. The lowest BCUT2D eigenvalue weighted by molar-refractivity contribution is 0.102. The van der Waals surface area contributed by atoms with Crippen LogP contribution in [0.25, 0.3) is 0 Å². The predicted octanol–water partition coefficient (Wildman–Crippen LogP) is 2.87. The highest BCUT2D eigenvalue weighted by Crippen LogP contribution is 2.24. The maximum atomic E-state index is 12.0. The van der Waals surface area contributed by atoms with Gasteiger partial charge in [0.25, 0.3) is 0 Å². The molecule has 0 aliphatic heterocycles. The second kappa shape index (κ2) is 6.47. The van der Waals surface area contributed by atoms with Crippen LogP contribution in [-0.4, -0.2) is 26.3 Å². The van der Waals surface area contributed by atoms with Crippen molar-refractivity contribution in [1.82, 2.24) is 14.8 Å². The van der Waals surface area contributed by atoms with Crippen LogP contribution in [0.2, 0.25) is 10.0 Å². The largest absolute Gasteiger partial charge is 0.343 e. The smallest absolute Gasteiger partial charge is 0.293 e. The quantitative estimate of drug-likeness (QED) is 0.675. The number of benzene rings is 1. The van der Waals surface area contributed by atoms with Crippen LogP contribution in [0.5, 0.6) is 0 Å². The van der Waals surface area contributed by atoms with Gasteiger partial charge in [-0.25, -0.2) is 9.89 Å². The van der Waals surface area contributed by atoms with Gasteiger partial charge in [-0.15, -0.1) is 5.10 Å². The third-order valence-electron chi connectivity index (χ3n) is 2.61. The molecule has 0 aliphatic rings. The van der Waals surface area contributed by atoms with Crippen molar-refractivity contribution >= 4 is 40.7 Å². The zero-order valence-electron chi connectivity index (χ0n) is 10.5. The molecule has 0 fully saturated rings. The minimum atomic E-state index is -0.281. The molecule has 1 aromatic heterocycles. The molecule has 0 radical (unpaired) electrons. The Balaban J connectivity index is 2.08. The van der Waals surface area contributed by atoms with Crippen LogP contribution in [0.4, 0.5) is 0 Å². The summed E-state index contributed by atoms with van der Waals surface area (Å²) in [5.74, 6) is 0.0640. The van der Waals surface area contributed by atoms with Gasteiger partial charge in [-0.1, -0.05) is 35.0 Å². The van der Waals surface area contributed by atoms with Gasteiger partial charge in [-0.2, -0.15) is 0 Å². The number of aromatic nitrogens is 3. The van der Waals surface area contributed by atoms with E-state index in [1.165, 1.54) is 22.4 Å². The molecule has 1 heterocycles. The van der Waals surface area contributed by atoms with Crippen molar-refractivity contribution in [2.45, 2.75) is 18.6 Å². The maximum Gasteiger partial charge on any atom is 0.343 e. The summed E-state index contributed by atoms with van der Waals surface area (Å²) in [6.45, 7) is 2.33. The number of thioether (sulfide) groups is 1. The van der Waals surface area contributed by atoms with Gasteiger partial charge >= 0.3 is 5.69 Å². The Morgan fingerprint density at radius 2 is 2.15 bits per heavy atom. The van der Waals surface area contributed by atoms with E-state index >= 15 is 0 Å². The molecule has 2 aromatic rings. The minimum absolute atomic E-state index is 0.105. The van der Waals surface area contributed by atoms with Crippen molar-refractivity contribution in [3.63, 3.8) is 0 Å². The summed E-state index contributed by atoms with van der Waals surface area (Å²) in [6.07, 6.45) is 0. The Labute approximate surface area is 129 Å². The summed E-state index contributed by atoms with van der Waals surface area (Å²) in [7, 11) is 0. The highest BCUT2D eigenvalue weighted by atomic mass is 35.5. The molecule has 0 saturated carbocycles. The molecule has 0 aliphatic carbocycles. The molecule has 0 spiro atoms. The number of nitrogens with one attached hydrogen (secondary N) is 1. The summed E-state index contributed by atoms with van der Waals surface area (Å²) in [5, 5.41) is 7.47. The molecule has 20 heavy (non-hydrogen) atoms.